The molecule has 0 aromatic carbocycles. The second-order valence-electron chi connectivity index (χ2n) is 4.66. The van der Waals surface area contributed by atoms with Gasteiger partial charge in [-0.1, -0.05) is 19.3 Å². The van der Waals surface area contributed by atoms with Gasteiger partial charge >= 0.3 is 0 Å². The third-order valence-corrected chi connectivity index (χ3v) is 4.43. The van der Waals surface area contributed by atoms with Gasteiger partial charge < -0.3 is 5.32 Å². The van der Waals surface area contributed by atoms with E-state index in [2.05, 4.69) is 23.7 Å². The minimum Gasteiger partial charge on any atom is -0.312 e. The van der Waals surface area contributed by atoms with E-state index in [1.54, 1.807) is 0 Å². The fourth-order valence-corrected chi connectivity index (χ4v) is 3.24. The predicted octanol–water partition coefficient (Wildman–Crippen LogP) is 3.73. The molecule has 0 bridgehead atoms. The predicted molar refractivity (Wildman–Crippen MR) is 67.3 cm³/mol. The number of rotatable bonds is 4. The third kappa shape index (κ3) is 3.32. The molecule has 1 aliphatic rings. The smallest absolute Gasteiger partial charge is 0.0302 e. The molecule has 0 atom stereocenters. The first-order valence-electron chi connectivity index (χ1n) is 6.10. The largest absolute Gasteiger partial charge is 0.312 e. The lowest BCUT2D eigenvalue weighted by molar-refractivity contribution is 0.342. The zero-order valence-corrected chi connectivity index (χ0v) is 10.4. The molecular weight excluding hydrogens is 202 g/mol. The van der Waals surface area contributed by atoms with Crippen molar-refractivity contribution in [2.45, 2.75) is 45.6 Å². The van der Waals surface area contributed by atoms with Crippen molar-refractivity contribution in [3.05, 3.63) is 21.9 Å². The van der Waals surface area contributed by atoms with Crippen molar-refractivity contribution in [1.82, 2.24) is 5.32 Å². The van der Waals surface area contributed by atoms with Gasteiger partial charge in [0, 0.05) is 11.4 Å². The lowest BCUT2D eigenvalue weighted by Gasteiger charge is -2.21. The summed E-state index contributed by atoms with van der Waals surface area (Å²) in [5.41, 5.74) is 1.44. The van der Waals surface area contributed by atoms with Crippen LogP contribution in [0.4, 0.5) is 0 Å². The van der Waals surface area contributed by atoms with Crippen molar-refractivity contribution in [1.29, 1.82) is 0 Å². The zero-order valence-electron chi connectivity index (χ0n) is 9.59. The first-order chi connectivity index (χ1) is 7.36. The Kier molecular flexibility index (Phi) is 4.21. The molecule has 15 heavy (non-hydrogen) atoms. The van der Waals surface area contributed by atoms with E-state index in [0.717, 1.165) is 12.5 Å². The van der Waals surface area contributed by atoms with E-state index in [-0.39, 0.29) is 0 Å². The van der Waals surface area contributed by atoms with Crippen molar-refractivity contribution in [2.75, 3.05) is 6.54 Å². The molecule has 0 radical (unpaired) electrons. The molecular formula is C13H21NS. The Bertz CT molecular complexity index is 286. The summed E-state index contributed by atoms with van der Waals surface area (Å²) in [6, 6.07) is 2.21. The second kappa shape index (κ2) is 5.66. The molecule has 0 unspecified atom stereocenters. The molecule has 0 saturated heterocycles. The Morgan fingerprint density at radius 2 is 2.13 bits per heavy atom. The van der Waals surface area contributed by atoms with Gasteiger partial charge in [-0.25, -0.2) is 0 Å². The average Bonchev–Trinajstić information content (AvgIpc) is 2.66. The van der Waals surface area contributed by atoms with E-state index in [0.29, 0.717) is 0 Å². The minimum atomic E-state index is 0.944. The lowest BCUT2D eigenvalue weighted by Crippen LogP contribution is -2.23. The molecule has 2 rings (SSSR count). The van der Waals surface area contributed by atoms with Crippen LogP contribution in [-0.4, -0.2) is 6.54 Å². The van der Waals surface area contributed by atoms with Crippen LogP contribution in [0.3, 0.4) is 0 Å². The Labute approximate surface area is 96.9 Å². The summed E-state index contributed by atoms with van der Waals surface area (Å²) in [6.45, 7) is 4.49. The molecule has 1 N–H and O–H groups in total. The highest BCUT2D eigenvalue weighted by Crippen LogP contribution is 2.23. The van der Waals surface area contributed by atoms with Gasteiger partial charge in [0.2, 0.25) is 0 Å². The number of hydrogen-bond acceptors (Lipinski definition) is 2. The summed E-state index contributed by atoms with van der Waals surface area (Å²) in [7, 11) is 0. The van der Waals surface area contributed by atoms with Crippen molar-refractivity contribution in [2.24, 2.45) is 5.92 Å². The molecule has 0 amide bonds. The summed E-state index contributed by atoms with van der Waals surface area (Å²) in [4.78, 5) is 1.51. The summed E-state index contributed by atoms with van der Waals surface area (Å²) >= 11 is 1.87. The monoisotopic (exact) mass is 223 g/mol. The molecule has 1 aliphatic carbocycles. The normalized spacial score (nSPS) is 18.2. The number of aryl methyl sites for hydroxylation is 1. The van der Waals surface area contributed by atoms with Crippen LogP contribution in [0.2, 0.25) is 0 Å². The molecule has 84 valence electrons. The summed E-state index contributed by atoms with van der Waals surface area (Å²) in [6.07, 6.45) is 7.24. The van der Waals surface area contributed by atoms with Gasteiger partial charge in [0.15, 0.2) is 0 Å². The first kappa shape index (κ1) is 11.2. The summed E-state index contributed by atoms with van der Waals surface area (Å²) in [5, 5.41) is 5.80. The summed E-state index contributed by atoms with van der Waals surface area (Å²) < 4.78 is 0. The van der Waals surface area contributed by atoms with Crippen LogP contribution in [0.1, 0.15) is 42.5 Å². The fourth-order valence-electron chi connectivity index (χ4n) is 2.37. The van der Waals surface area contributed by atoms with Gasteiger partial charge in [-0.15, -0.1) is 11.3 Å². The van der Waals surface area contributed by atoms with Crippen LogP contribution >= 0.6 is 11.3 Å². The van der Waals surface area contributed by atoms with E-state index < -0.39 is 0 Å². The van der Waals surface area contributed by atoms with Crippen molar-refractivity contribution >= 4 is 11.3 Å². The van der Waals surface area contributed by atoms with E-state index in [9.17, 15) is 0 Å². The topological polar surface area (TPSA) is 12.0 Å². The Morgan fingerprint density at radius 3 is 2.80 bits per heavy atom. The quantitative estimate of drug-likeness (QED) is 0.820. The molecule has 1 nitrogen and oxygen atoms in total. The SMILES string of the molecule is Cc1ccsc1CNCC1CCCCC1. The van der Waals surface area contributed by atoms with E-state index >= 15 is 0 Å². The van der Waals surface area contributed by atoms with Gasteiger partial charge in [-0.3, -0.25) is 0 Å². The van der Waals surface area contributed by atoms with Gasteiger partial charge in [-0.05, 0) is 49.2 Å². The Hall–Kier alpha value is -0.340. The molecule has 0 spiro atoms. The molecule has 1 fully saturated rings. The molecule has 1 aromatic rings. The maximum atomic E-state index is 3.61. The second-order valence-corrected chi connectivity index (χ2v) is 5.66. The minimum absolute atomic E-state index is 0.944. The van der Waals surface area contributed by atoms with E-state index in [1.165, 1.54) is 49.1 Å². The third-order valence-electron chi connectivity index (χ3n) is 3.41. The maximum Gasteiger partial charge on any atom is 0.0302 e. The summed E-state index contributed by atoms with van der Waals surface area (Å²) in [5.74, 6) is 0.944. The van der Waals surface area contributed by atoms with Crippen molar-refractivity contribution in [3.63, 3.8) is 0 Å². The van der Waals surface area contributed by atoms with Crippen LogP contribution in [0.25, 0.3) is 0 Å². The highest BCUT2D eigenvalue weighted by atomic mass is 32.1. The van der Waals surface area contributed by atoms with Gasteiger partial charge in [0.25, 0.3) is 0 Å². The van der Waals surface area contributed by atoms with Gasteiger partial charge in [-0.2, -0.15) is 0 Å². The van der Waals surface area contributed by atoms with Crippen LogP contribution in [-0.2, 0) is 6.54 Å². The highest BCUT2D eigenvalue weighted by molar-refractivity contribution is 7.10. The maximum absolute atomic E-state index is 3.61. The number of nitrogens with one attached hydrogen (secondary N) is 1. The molecule has 2 heteroatoms. The van der Waals surface area contributed by atoms with Crippen LogP contribution < -0.4 is 5.32 Å². The number of hydrogen-bond donors (Lipinski definition) is 1. The molecule has 1 aromatic heterocycles. The van der Waals surface area contributed by atoms with Crippen LogP contribution in [0, 0.1) is 12.8 Å². The fraction of sp³-hybridized carbons (Fsp3) is 0.692. The Morgan fingerprint density at radius 1 is 1.33 bits per heavy atom. The zero-order chi connectivity index (χ0) is 10.5. The molecule has 0 aliphatic heterocycles. The number of thiophene rings is 1. The van der Waals surface area contributed by atoms with Crippen LogP contribution in [0.5, 0.6) is 0 Å². The van der Waals surface area contributed by atoms with Crippen LogP contribution in [0.15, 0.2) is 11.4 Å². The standard InChI is InChI=1S/C13H21NS/c1-11-7-8-15-13(11)10-14-9-12-5-3-2-4-6-12/h7-8,12,14H,2-6,9-10H2,1H3. The van der Waals surface area contributed by atoms with Gasteiger partial charge in [0.05, 0.1) is 0 Å². The van der Waals surface area contributed by atoms with Gasteiger partial charge in [0.1, 0.15) is 0 Å². The highest BCUT2D eigenvalue weighted by Gasteiger charge is 2.12. The van der Waals surface area contributed by atoms with E-state index in [4.69, 9.17) is 0 Å². The molecule has 1 heterocycles. The van der Waals surface area contributed by atoms with E-state index in [1.807, 2.05) is 11.3 Å². The Balaban J connectivity index is 1.68. The first-order valence-corrected chi connectivity index (χ1v) is 6.98. The average molecular weight is 223 g/mol. The molecule has 1 saturated carbocycles. The lowest BCUT2D eigenvalue weighted by atomic mass is 9.89. The van der Waals surface area contributed by atoms with Crippen molar-refractivity contribution in [3.8, 4) is 0 Å². The van der Waals surface area contributed by atoms with Crippen molar-refractivity contribution < 1.29 is 0 Å².